The summed E-state index contributed by atoms with van der Waals surface area (Å²) < 4.78 is 11.9. The summed E-state index contributed by atoms with van der Waals surface area (Å²) in [4.78, 5) is 1.08. The Labute approximate surface area is 128 Å². The predicted molar refractivity (Wildman–Crippen MR) is 84.0 cm³/mol. The maximum absolute atomic E-state index is 5.91. The molecule has 0 saturated carbocycles. The highest BCUT2D eigenvalue weighted by atomic mass is 35.5. The lowest BCUT2D eigenvalue weighted by molar-refractivity contribution is 0.287. The molecule has 0 aliphatic heterocycles. The van der Waals surface area contributed by atoms with Crippen LogP contribution in [-0.2, 0) is 13.0 Å². The van der Waals surface area contributed by atoms with Crippen molar-refractivity contribution in [2.45, 2.75) is 26.0 Å². The molecule has 1 aromatic carbocycles. The molecule has 0 bridgehead atoms. The summed E-state index contributed by atoms with van der Waals surface area (Å²) in [6, 6.07) is 9.86. The van der Waals surface area contributed by atoms with Crippen molar-refractivity contribution >= 4 is 22.9 Å². The van der Waals surface area contributed by atoms with Crippen LogP contribution in [0.2, 0.25) is 4.34 Å². The van der Waals surface area contributed by atoms with Crippen LogP contribution in [0.1, 0.15) is 17.4 Å². The van der Waals surface area contributed by atoms with E-state index in [0.29, 0.717) is 6.61 Å². The first-order valence-electron chi connectivity index (χ1n) is 6.38. The molecular weight excluding hydrogens is 294 g/mol. The molecule has 0 radical (unpaired) electrons. The maximum Gasteiger partial charge on any atom is 0.161 e. The fraction of sp³-hybridized carbons (Fsp3) is 0.333. The van der Waals surface area contributed by atoms with Crippen molar-refractivity contribution in [2.75, 3.05) is 7.11 Å². The lowest BCUT2D eigenvalue weighted by Crippen LogP contribution is -2.17. The zero-order valence-electron chi connectivity index (χ0n) is 11.6. The van der Waals surface area contributed by atoms with Gasteiger partial charge < -0.3 is 15.2 Å². The number of methoxy groups -OCH3 is 1. The molecule has 1 unspecified atom stereocenters. The van der Waals surface area contributed by atoms with Crippen molar-refractivity contribution in [1.29, 1.82) is 0 Å². The molecule has 0 amide bonds. The Morgan fingerprint density at radius 2 is 2.05 bits per heavy atom. The summed E-state index contributed by atoms with van der Waals surface area (Å²) in [5.74, 6) is 1.45. The SMILES string of the molecule is COc1ccc(CC(C)N)cc1OCc1ccc(Cl)s1. The zero-order chi connectivity index (χ0) is 14.5. The van der Waals surface area contributed by atoms with Crippen LogP contribution in [0.5, 0.6) is 11.5 Å². The first-order chi connectivity index (χ1) is 9.58. The minimum atomic E-state index is 0.118. The number of hydrogen-bond donors (Lipinski definition) is 1. The maximum atomic E-state index is 5.91. The van der Waals surface area contributed by atoms with Crippen LogP contribution in [0.4, 0.5) is 0 Å². The van der Waals surface area contributed by atoms with Gasteiger partial charge in [0, 0.05) is 10.9 Å². The van der Waals surface area contributed by atoms with E-state index in [1.807, 2.05) is 37.3 Å². The second-order valence-electron chi connectivity index (χ2n) is 4.66. The second-order valence-corrected chi connectivity index (χ2v) is 6.46. The molecular formula is C15H18ClNO2S. The Hall–Kier alpha value is -1.23. The largest absolute Gasteiger partial charge is 0.493 e. The van der Waals surface area contributed by atoms with Crippen molar-refractivity contribution in [3.63, 3.8) is 0 Å². The summed E-state index contributed by atoms with van der Waals surface area (Å²) in [5, 5.41) is 0. The summed E-state index contributed by atoms with van der Waals surface area (Å²) in [6.07, 6.45) is 0.811. The van der Waals surface area contributed by atoms with Gasteiger partial charge in [-0.2, -0.15) is 0 Å². The third kappa shape index (κ3) is 4.13. The quantitative estimate of drug-likeness (QED) is 0.880. The highest BCUT2D eigenvalue weighted by Gasteiger charge is 2.08. The van der Waals surface area contributed by atoms with Crippen LogP contribution in [0, 0.1) is 0 Å². The third-order valence-electron chi connectivity index (χ3n) is 2.78. The fourth-order valence-electron chi connectivity index (χ4n) is 1.91. The van der Waals surface area contributed by atoms with E-state index < -0.39 is 0 Å². The van der Waals surface area contributed by atoms with E-state index >= 15 is 0 Å². The Morgan fingerprint density at radius 1 is 1.25 bits per heavy atom. The van der Waals surface area contributed by atoms with Crippen LogP contribution in [0.25, 0.3) is 0 Å². The number of halogens is 1. The van der Waals surface area contributed by atoms with Gasteiger partial charge in [-0.25, -0.2) is 0 Å². The van der Waals surface area contributed by atoms with Gasteiger partial charge >= 0.3 is 0 Å². The predicted octanol–water partition coefficient (Wildman–Crippen LogP) is 3.88. The molecule has 1 heterocycles. The molecule has 2 rings (SSSR count). The molecule has 0 saturated heterocycles. The van der Waals surface area contributed by atoms with E-state index in [0.717, 1.165) is 32.7 Å². The minimum absolute atomic E-state index is 0.118. The molecule has 0 spiro atoms. The van der Waals surface area contributed by atoms with Crippen molar-refractivity contribution in [1.82, 2.24) is 0 Å². The molecule has 1 atom stereocenters. The van der Waals surface area contributed by atoms with E-state index in [1.54, 1.807) is 7.11 Å². The summed E-state index contributed by atoms with van der Waals surface area (Å²) in [7, 11) is 1.63. The monoisotopic (exact) mass is 311 g/mol. The highest BCUT2D eigenvalue weighted by molar-refractivity contribution is 7.16. The third-order valence-corrected chi connectivity index (χ3v) is 3.99. The number of thiophene rings is 1. The number of benzene rings is 1. The average molecular weight is 312 g/mol. The van der Waals surface area contributed by atoms with Gasteiger partial charge in [-0.15, -0.1) is 11.3 Å². The standard InChI is InChI=1S/C15H18ClNO2S/c1-10(17)7-11-3-5-13(18-2)14(8-11)19-9-12-4-6-15(16)20-12/h3-6,8,10H,7,9,17H2,1-2H3. The van der Waals surface area contributed by atoms with Gasteiger partial charge in [-0.3, -0.25) is 0 Å². The molecule has 20 heavy (non-hydrogen) atoms. The minimum Gasteiger partial charge on any atom is -0.493 e. The molecule has 0 fully saturated rings. The first kappa shape index (κ1) is 15.2. The smallest absolute Gasteiger partial charge is 0.161 e. The van der Waals surface area contributed by atoms with Gasteiger partial charge in [0.2, 0.25) is 0 Å². The zero-order valence-corrected chi connectivity index (χ0v) is 13.1. The number of hydrogen-bond acceptors (Lipinski definition) is 4. The van der Waals surface area contributed by atoms with Gasteiger partial charge in [0.1, 0.15) is 6.61 Å². The Morgan fingerprint density at radius 3 is 2.65 bits per heavy atom. The summed E-state index contributed by atoms with van der Waals surface area (Å²) in [6.45, 7) is 2.47. The number of rotatable bonds is 6. The Bertz CT molecular complexity index is 569. The lowest BCUT2D eigenvalue weighted by Gasteiger charge is -2.12. The molecule has 1 aromatic heterocycles. The molecule has 108 valence electrons. The van der Waals surface area contributed by atoms with Crippen molar-refractivity contribution in [2.24, 2.45) is 5.73 Å². The average Bonchev–Trinajstić information content (AvgIpc) is 2.82. The van der Waals surface area contributed by atoms with Gasteiger partial charge in [0.15, 0.2) is 11.5 Å². The van der Waals surface area contributed by atoms with Crippen LogP contribution in [0.15, 0.2) is 30.3 Å². The van der Waals surface area contributed by atoms with Crippen LogP contribution >= 0.6 is 22.9 Å². The van der Waals surface area contributed by atoms with E-state index in [9.17, 15) is 0 Å². The van der Waals surface area contributed by atoms with Crippen molar-refractivity contribution < 1.29 is 9.47 Å². The summed E-state index contributed by atoms with van der Waals surface area (Å²) >= 11 is 7.42. The van der Waals surface area contributed by atoms with Crippen molar-refractivity contribution in [3.8, 4) is 11.5 Å². The van der Waals surface area contributed by atoms with E-state index in [1.165, 1.54) is 11.3 Å². The van der Waals surface area contributed by atoms with Gasteiger partial charge in [0.05, 0.1) is 11.4 Å². The van der Waals surface area contributed by atoms with E-state index in [-0.39, 0.29) is 6.04 Å². The van der Waals surface area contributed by atoms with Gasteiger partial charge in [-0.1, -0.05) is 17.7 Å². The van der Waals surface area contributed by atoms with E-state index in [4.69, 9.17) is 26.8 Å². The lowest BCUT2D eigenvalue weighted by atomic mass is 10.1. The molecule has 0 aliphatic carbocycles. The molecule has 2 N–H and O–H groups in total. The normalized spacial score (nSPS) is 12.2. The van der Waals surface area contributed by atoms with Gasteiger partial charge in [0.25, 0.3) is 0 Å². The molecule has 0 aliphatic rings. The van der Waals surface area contributed by atoms with Gasteiger partial charge in [-0.05, 0) is 43.2 Å². The molecule has 2 aromatic rings. The molecule has 3 nitrogen and oxygen atoms in total. The molecule has 5 heteroatoms. The number of ether oxygens (including phenoxy) is 2. The fourth-order valence-corrected chi connectivity index (χ4v) is 2.91. The Balaban J connectivity index is 2.11. The highest BCUT2D eigenvalue weighted by Crippen LogP contribution is 2.30. The second kappa shape index (κ2) is 6.97. The summed E-state index contributed by atoms with van der Waals surface area (Å²) in [5.41, 5.74) is 6.97. The topological polar surface area (TPSA) is 44.5 Å². The van der Waals surface area contributed by atoms with Crippen LogP contribution < -0.4 is 15.2 Å². The van der Waals surface area contributed by atoms with E-state index in [2.05, 4.69) is 0 Å². The van der Waals surface area contributed by atoms with Crippen LogP contribution in [0.3, 0.4) is 0 Å². The van der Waals surface area contributed by atoms with Crippen molar-refractivity contribution in [3.05, 3.63) is 45.1 Å². The Kier molecular flexibility index (Phi) is 5.29. The first-order valence-corrected chi connectivity index (χ1v) is 7.57. The number of nitrogens with two attached hydrogens (primary N) is 1. The van der Waals surface area contributed by atoms with Crippen LogP contribution in [-0.4, -0.2) is 13.2 Å².